The Morgan fingerprint density at radius 3 is 1.21 bits per heavy atom. The molecule has 0 aliphatic heterocycles. The predicted octanol–water partition coefficient (Wildman–Crippen LogP) is 13.7. The van der Waals surface area contributed by atoms with Gasteiger partial charge in [0, 0.05) is 0 Å². The molecule has 0 saturated heterocycles. The zero-order valence-corrected chi connectivity index (χ0v) is 38.9. The molecule has 2 heterocycles. The van der Waals surface area contributed by atoms with Crippen molar-refractivity contribution in [1.29, 1.82) is 0 Å². The third kappa shape index (κ3) is 7.17. The first-order chi connectivity index (χ1) is 26.0. The summed E-state index contributed by atoms with van der Waals surface area (Å²) in [4.78, 5) is 0. The molecule has 56 heavy (non-hydrogen) atoms. The summed E-state index contributed by atoms with van der Waals surface area (Å²) in [6, 6.07) is 30.9. The minimum atomic E-state index is -2.72. The van der Waals surface area contributed by atoms with Crippen LogP contribution in [0.1, 0.15) is 74.8 Å². The van der Waals surface area contributed by atoms with E-state index in [0.717, 1.165) is 34.5 Å². The Balaban J connectivity index is 0.00000266. The number of hydrogen-bond acceptors (Lipinski definition) is 4. The van der Waals surface area contributed by atoms with E-state index in [2.05, 4.69) is 152 Å². The van der Waals surface area contributed by atoms with Gasteiger partial charge in [-0.05, 0) is 0 Å². The number of hydrogen-bond donors (Lipinski definition) is 0. The minimum absolute atomic E-state index is 0. The Labute approximate surface area is 352 Å². The summed E-state index contributed by atoms with van der Waals surface area (Å²) in [6.45, 7) is 18.4. The molecule has 0 amide bonds. The first-order valence-corrected chi connectivity index (χ1v) is 27.8. The quantitative estimate of drug-likeness (QED) is 0.143. The molecule has 8 heteroatoms. The Morgan fingerprint density at radius 1 is 0.536 bits per heavy atom. The van der Waals surface area contributed by atoms with E-state index >= 15 is 0 Å². The van der Waals surface area contributed by atoms with Crippen LogP contribution in [-0.2, 0) is 20.4 Å². The molecule has 0 bridgehead atoms. The van der Waals surface area contributed by atoms with Gasteiger partial charge in [0.15, 0.2) is 0 Å². The summed E-state index contributed by atoms with van der Waals surface area (Å²) >= 11 is -2.72. The molecule has 2 atom stereocenters. The van der Waals surface area contributed by atoms with E-state index in [1.54, 1.807) is 14.2 Å². The molecule has 4 aromatic carbocycles. The van der Waals surface area contributed by atoms with Gasteiger partial charge in [-0.15, -0.1) is 24.8 Å². The summed E-state index contributed by atoms with van der Waals surface area (Å²) < 4.78 is 24.9. The van der Waals surface area contributed by atoms with Crippen LogP contribution in [-0.4, -0.2) is 19.7 Å². The van der Waals surface area contributed by atoms with Gasteiger partial charge < -0.3 is 0 Å². The molecule has 2 unspecified atom stereocenters. The average molecular weight is 881 g/mol. The van der Waals surface area contributed by atoms with E-state index in [4.69, 9.17) is 18.3 Å². The van der Waals surface area contributed by atoms with Gasteiger partial charge in [0.2, 0.25) is 0 Å². The van der Waals surface area contributed by atoms with E-state index in [9.17, 15) is 0 Å². The average Bonchev–Trinajstić information content (AvgIpc) is 3.96. The molecular formula is C48H50Cl2O4SiZr. The number of benzene rings is 4. The summed E-state index contributed by atoms with van der Waals surface area (Å²) in [5, 5.41) is 0. The monoisotopic (exact) mass is 878 g/mol. The van der Waals surface area contributed by atoms with Crippen LogP contribution < -0.4 is 9.47 Å². The number of rotatable bonds is 8. The molecule has 0 N–H and O–H groups in total. The van der Waals surface area contributed by atoms with Crippen molar-refractivity contribution >= 4 is 53.5 Å². The summed E-state index contributed by atoms with van der Waals surface area (Å²) in [5.41, 5.74) is 17.9. The second-order valence-corrected chi connectivity index (χ2v) is 33.1. The Bertz CT molecular complexity index is 2380. The fourth-order valence-corrected chi connectivity index (χ4v) is 28.6. The molecule has 2 aromatic heterocycles. The molecule has 6 aromatic rings. The molecule has 0 radical (unpaired) electrons. The molecule has 2 aliphatic carbocycles. The van der Waals surface area contributed by atoms with Gasteiger partial charge in [0.1, 0.15) is 0 Å². The van der Waals surface area contributed by atoms with E-state index in [-0.39, 0.29) is 24.8 Å². The van der Waals surface area contributed by atoms with Gasteiger partial charge in [-0.1, -0.05) is 0 Å². The van der Waals surface area contributed by atoms with Crippen molar-refractivity contribution in [2.75, 3.05) is 14.2 Å². The van der Waals surface area contributed by atoms with Crippen molar-refractivity contribution < 1.29 is 38.7 Å². The molecule has 4 nitrogen and oxygen atoms in total. The topological polar surface area (TPSA) is 44.7 Å². The van der Waals surface area contributed by atoms with Crippen LogP contribution in [0.4, 0.5) is 0 Å². The molecule has 8 rings (SSSR count). The van der Waals surface area contributed by atoms with Crippen LogP contribution in [0.15, 0.2) is 93.8 Å². The van der Waals surface area contributed by atoms with Gasteiger partial charge in [-0.3, -0.25) is 0 Å². The Morgan fingerprint density at radius 2 is 0.911 bits per heavy atom. The van der Waals surface area contributed by atoms with Gasteiger partial charge in [-0.2, -0.15) is 0 Å². The largest absolute Gasteiger partial charge is 0.147 e. The van der Waals surface area contributed by atoms with E-state index < -0.39 is 25.8 Å². The Kier molecular flexibility index (Phi) is 12.4. The van der Waals surface area contributed by atoms with E-state index in [0.29, 0.717) is 7.25 Å². The smallest absolute Gasteiger partial charge is 0.147 e. The number of ether oxygens (including phenoxy) is 2. The van der Waals surface area contributed by atoms with Crippen molar-refractivity contribution in [3.8, 4) is 33.8 Å². The number of fused-ring (bicyclic) bond motifs is 2. The third-order valence-corrected chi connectivity index (χ3v) is 30.9. The standard InChI is InChI=1S/2C23H21O2.C2H6Si.2ClH.Zr/c2*1-14-11-18-12-19(22-10-5-15(2)25-22)13-21(18)23(16(14)3)17-6-8-20(24-4)9-7-17;1-3-2;;;/h2*5-13H,1-4H3;1-2H3;2*1H;. The number of aryl methyl sites for hydroxylation is 4. The van der Waals surface area contributed by atoms with Crippen LogP contribution in [0.3, 0.4) is 0 Å². The maximum atomic E-state index is 6.59. The molecule has 288 valence electrons. The fourth-order valence-electron chi connectivity index (χ4n) is 8.81. The molecular weight excluding hydrogens is 831 g/mol. The maximum Gasteiger partial charge on any atom is -0.147 e. The van der Waals surface area contributed by atoms with Crippen molar-refractivity contribution in [2.45, 2.75) is 61.9 Å². The van der Waals surface area contributed by atoms with Gasteiger partial charge >= 0.3 is 330 Å². The minimum Gasteiger partial charge on any atom is -0.147 e. The first kappa shape index (κ1) is 41.8. The van der Waals surface area contributed by atoms with Crippen LogP contribution in [0.5, 0.6) is 11.5 Å². The van der Waals surface area contributed by atoms with Crippen molar-refractivity contribution in [3.05, 3.63) is 152 Å². The molecule has 2 aliphatic rings. The van der Waals surface area contributed by atoms with Crippen molar-refractivity contribution in [3.63, 3.8) is 0 Å². The zero-order valence-electron chi connectivity index (χ0n) is 33.8. The Hall–Kier alpha value is -3.80. The number of furan rings is 2. The molecule has 0 spiro atoms. The number of allylic oxidation sites excluding steroid dienone is 2. The normalized spacial score (nSPS) is 15.2. The second-order valence-electron chi connectivity index (χ2n) is 15.2. The van der Waals surface area contributed by atoms with Crippen LogP contribution in [0.2, 0.25) is 13.1 Å². The SMILES string of the molecule is COc1ccc(-c2c(C)c(C)cc3c2C=C(c2ccc(C)o2)[CH]3[Zr]([CH]2C(c3ccc(C)o3)=Cc3c2cc(C)c(C)c3-c2ccc(OC)cc2)=[Si](C)C)cc1.Cl.Cl. The predicted molar refractivity (Wildman–Crippen MR) is 236 cm³/mol. The van der Waals surface area contributed by atoms with Crippen molar-refractivity contribution in [1.82, 2.24) is 0 Å². The van der Waals surface area contributed by atoms with E-state index in [1.807, 2.05) is 0 Å². The second kappa shape index (κ2) is 16.6. The number of methoxy groups -OCH3 is 2. The first-order valence-electron chi connectivity index (χ1n) is 18.8. The van der Waals surface area contributed by atoms with Gasteiger partial charge in [0.25, 0.3) is 0 Å². The van der Waals surface area contributed by atoms with Crippen LogP contribution in [0.25, 0.3) is 45.6 Å². The van der Waals surface area contributed by atoms with Crippen LogP contribution in [0, 0.1) is 41.5 Å². The fraction of sp³-hybridized carbons (Fsp3) is 0.250. The summed E-state index contributed by atoms with van der Waals surface area (Å²) in [7, 11) is 3.46. The molecule has 0 fully saturated rings. The van der Waals surface area contributed by atoms with Gasteiger partial charge in [0.05, 0.1) is 0 Å². The van der Waals surface area contributed by atoms with Crippen molar-refractivity contribution in [2.24, 2.45) is 0 Å². The summed E-state index contributed by atoms with van der Waals surface area (Å²) in [5.74, 6) is 5.63. The maximum absolute atomic E-state index is 6.59. The number of halogens is 2. The third-order valence-electron chi connectivity index (χ3n) is 11.7. The van der Waals surface area contributed by atoms with E-state index in [1.165, 1.54) is 77.9 Å². The zero-order chi connectivity index (χ0) is 38.0. The molecule has 0 saturated carbocycles. The summed E-state index contributed by atoms with van der Waals surface area (Å²) in [6.07, 6.45) is 4.99. The van der Waals surface area contributed by atoms with Gasteiger partial charge in [-0.25, -0.2) is 0 Å². The van der Waals surface area contributed by atoms with Crippen LogP contribution >= 0.6 is 24.8 Å².